The number of allylic oxidation sites excluding steroid dienone is 1. The number of ether oxygens (including phenoxy) is 1. The van der Waals surface area contributed by atoms with Gasteiger partial charge in [0.15, 0.2) is 0 Å². The zero-order chi connectivity index (χ0) is 21.5. The van der Waals surface area contributed by atoms with Gasteiger partial charge in [-0.3, -0.25) is 0 Å². The van der Waals surface area contributed by atoms with E-state index in [1.807, 2.05) is 50.2 Å². The topological polar surface area (TPSA) is 72.3 Å². The molecule has 0 saturated carbocycles. The van der Waals surface area contributed by atoms with Gasteiger partial charge in [-0.15, -0.1) is 0 Å². The third-order valence-corrected chi connectivity index (χ3v) is 5.47. The van der Waals surface area contributed by atoms with Crippen molar-refractivity contribution in [3.8, 4) is 0 Å². The van der Waals surface area contributed by atoms with Crippen molar-refractivity contribution in [2.75, 3.05) is 30.9 Å². The van der Waals surface area contributed by atoms with Crippen molar-refractivity contribution < 1.29 is 9.53 Å². The summed E-state index contributed by atoms with van der Waals surface area (Å²) < 4.78 is 7.41. The number of anilines is 2. The molecule has 1 N–H and O–H groups in total. The standard InChI is InChI=1S/C23H33N5O2/c1-5-6-7-8-9-10-15-30-22(29)20-17(2)26-23-24-16-25-28(23)21(20)18-11-13-19(14-12-18)27(3)4/h11-14,16,21H,5-10,15H2,1-4H3,(H,24,25,26)/t21-/m0/s1. The first kappa shape index (κ1) is 21.9. The Morgan fingerprint density at radius 3 is 2.53 bits per heavy atom. The Balaban J connectivity index is 1.74. The molecular weight excluding hydrogens is 378 g/mol. The number of nitrogens with one attached hydrogen (secondary N) is 1. The molecule has 0 unspecified atom stereocenters. The molecule has 0 amide bonds. The van der Waals surface area contributed by atoms with Gasteiger partial charge in [-0.2, -0.15) is 10.1 Å². The number of benzene rings is 1. The maximum absolute atomic E-state index is 13.0. The summed E-state index contributed by atoms with van der Waals surface area (Å²) in [6.07, 6.45) is 8.43. The van der Waals surface area contributed by atoms with Gasteiger partial charge in [0.05, 0.1) is 12.2 Å². The molecular formula is C23H33N5O2. The van der Waals surface area contributed by atoms with Crippen molar-refractivity contribution in [2.45, 2.75) is 58.4 Å². The Labute approximate surface area is 179 Å². The lowest BCUT2D eigenvalue weighted by molar-refractivity contribution is -0.139. The van der Waals surface area contributed by atoms with Crippen molar-refractivity contribution in [3.63, 3.8) is 0 Å². The first-order chi connectivity index (χ1) is 14.5. The number of carbonyl (C=O) groups excluding carboxylic acids is 1. The highest BCUT2D eigenvalue weighted by Crippen LogP contribution is 2.35. The number of rotatable bonds is 10. The van der Waals surface area contributed by atoms with Gasteiger partial charge in [0, 0.05) is 25.5 Å². The highest BCUT2D eigenvalue weighted by molar-refractivity contribution is 5.92. The number of hydrogen-bond donors (Lipinski definition) is 1. The summed E-state index contributed by atoms with van der Waals surface area (Å²) in [4.78, 5) is 19.4. The zero-order valence-corrected chi connectivity index (χ0v) is 18.5. The first-order valence-corrected chi connectivity index (χ1v) is 10.8. The van der Waals surface area contributed by atoms with Gasteiger partial charge in [-0.05, 0) is 31.0 Å². The molecule has 30 heavy (non-hydrogen) atoms. The average Bonchev–Trinajstić information content (AvgIpc) is 3.20. The fourth-order valence-electron chi connectivity index (χ4n) is 3.74. The summed E-state index contributed by atoms with van der Waals surface area (Å²) in [5.74, 6) is 0.332. The van der Waals surface area contributed by atoms with Gasteiger partial charge in [-0.25, -0.2) is 9.48 Å². The second-order valence-electron chi connectivity index (χ2n) is 7.98. The molecule has 0 saturated heterocycles. The largest absolute Gasteiger partial charge is 0.462 e. The molecule has 1 aliphatic heterocycles. The Morgan fingerprint density at radius 1 is 1.13 bits per heavy atom. The fourth-order valence-corrected chi connectivity index (χ4v) is 3.74. The maximum atomic E-state index is 13.0. The molecule has 162 valence electrons. The van der Waals surface area contributed by atoms with E-state index < -0.39 is 0 Å². The van der Waals surface area contributed by atoms with Crippen LogP contribution in [0.4, 0.5) is 11.6 Å². The highest BCUT2D eigenvalue weighted by atomic mass is 16.5. The second kappa shape index (κ2) is 10.3. The van der Waals surface area contributed by atoms with Crippen LogP contribution in [0.3, 0.4) is 0 Å². The van der Waals surface area contributed by atoms with E-state index in [1.54, 1.807) is 4.68 Å². The minimum atomic E-state index is -0.364. The lowest BCUT2D eigenvalue weighted by Crippen LogP contribution is -2.29. The summed E-state index contributed by atoms with van der Waals surface area (Å²) >= 11 is 0. The van der Waals surface area contributed by atoms with Gasteiger partial charge in [0.2, 0.25) is 5.95 Å². The van der Waals surface area contributed by atoms with E-state index in [-0.39, 0.29) is 12.0 Å². The van der Waals surface area contributed by atoms with E-state index in [2.05, 4.69) is 22.3 Å². The van der Waals surface area contributed by atoms with Crippen molar-refractivity contribution in [2.24, 2.45) is 0 Å². The molecule has 1 aliphatic rings. The minimum absolute atomic E-state index is 0.295. The van der Waals surface area contributed by atoms with Crippen LogP contribution in [0.25, 0.3) is 0 Å². The number of aromatic nitrogens is 3. The quantitative estimate of drug-likeness (QED) is 0.457. The van der Waals surface area contributed by atoms with Crippen molar-refractivity contribution in [1.29, 1.82) is 0 Å². The second-order valence-corrected chi connectivity index (χ2v) is 7.98. The normalized spacial score (nSPS) is 15.5. The van der Waals surface area contributed by atoms with Crippen LogP contribution in [-0.4, -0.2) is 41.4 Å². The molecule has 2 aromatic rings. The fraction of sp³-hybridized carbons (Fsp3) is 0.522. The van der Waals surface area contributed by atoms with E-state index in [9.17, 15) is 4.79 Å². The molecule has 0 bridgehead atoms. The van der Waals surface area contributed by atoms with Crippen molar-refractivity contribution in [3.05, 3.63) is 47.4 Å². The first-order valence-electron chi connectivity index (χ1n) is 10.8. The van der Waals surface area contributed by atoms with Crippen LogP contribution in [0, 0.1) is 0 Å². The monoisotopic (exact) mass is 411 g/mol. The minimum Gasteiger partial charge on any atom is -0.462 e. The SMILES string of the molecule is CCCCCCCCOC(=O)C1=C(C)Nc2ncnn2[C@H]1c1ccc(N(C)C)cc1. The van der Waals surface area contributed by atoms with E-state index in [1.165, 1.54) is 32.0 Å². The predicted molar refractivity (Wildman–Crippen MR) is 120 cm³/mol. The van der Waals surface area contributed by atoms with Crippen LogP contribution in [0.15, 0.2) is 41.9 Å². The number of fused-ring (bicyclic) bond motifs is 1. The van der Waals surface area contributed by atoms with Crippen LogP contribution in [0.2, 0.25) is 0 Å². The molecule has 1 aromatic heterocycles. The highest BCUT2D eigenvalue weighted by Gasteiger charge is 2.34. The molecule has 3 rings (SSSR count). The predicted octanol–water partition coefficient (Wildman–Crippen LogP) is 4.54. The lowest BCUT2D eigenvalue weighted by atomic mass is 9.95. The smallest absolute Gasteiger partial charge is 0.338 e. The summed E-state index contributed by atoms with van der Waals surface area (Å²) in [5.41, 5.74) is 3.40. The number of unbranched alkanes of at least 4 members (excludes halogenated alkanes) is 5. The maximum Gasteiger partial charge on any atom is 0.338 e. The van der Waals surface area contributed by atoms with E-state index in [0.29, 0.717) is 18.1 Å². The van der Waals surface area contributed by atoms with Crippen LogP contribution in [0.1, 0.15) is 64.0 Å². The van der Waals surface area contributed by atoms with Gasteiger partial charge < -0.3 is 15.0 Å². The van der Waals surface area contributed by atoms with Gasteiger partial charge in [0.25, 0.3) is 0 Å². The molecule has 7 nitrogen and oxygen atoms in total. The lowest BCUT2D eigenvalue weighted by Gasteiger charge is -2.28. The number of esters is 1. The molecule has 0 aliphatic carbocycles. The van der Waals surface area contributed by atoms with Crippen LogP contribution < -0.4 is 10.2 Å². The van der Waals surface area contributed by atoms with E-state index >= 15 is 0 Å². The van der Waals surface area contributed by atoms with Crippen molar-refractivity contribution in [1.82, 2.24) is 14.8 Å². The van der Waals surface area contributed by atoms with Crippen LogP contribution in [0.5, 0.6) is 0 Å². The molecule has 7 heteroatoms. The van der Waals surface area contributed by atoms with E-state index in [0.717, 1.165) is 29.8 Å². The molecule has 0 radical (unpaired) electrons. The molecule has 2 heterocycles. The Morgan fingerprint density at radius 2 is 1.83 bits per heavy atom. The molecule has 0 fully saturated rings. The summed E-state index contributed by atoms with van der Waals surface area (Å²) in [6, 6.07) is 7.79. The number of hydrogen-bond acceptors (Lipinski definition) is 6. The van der Waals surface area contributed by atoms with Crippen LogP contribution in [-0.2, 0) is 9.53 Å². The Hall–Kier alpha value is -2.83. The molecule has 1 aromatic carbocycles. The number of nitrogens with zero attached hydrogens (tertiary/aromatic N) is 4. The third kappa shape index (κ3) is 5.01. The Bertz CT molecular complexity index is 870. The zero-order valence-electron chi connectivity index (χ0n) is 18.5. The van der Waals surface area contributed by atoms with Gasteiger partial charge in [-0.1, -0.05) is 51.2 Å². The van der Waals surface area contributed by atoms with E-state index in [4.69, 9.17) is 4.74 Å². The number of carbonyl (C=O) groups is 1. The van der Waals surface area contributed by atoms with Gasteiger partial charge >= 0.3 is 5.97 Å². The molecule has 0 spiro atoms. The third-order valence-electron chi connectivity index (χ3n) is 5.47. The average molecular weight is 412 g/mol. The van der Waals surface area contributed by atoms with Gasteiger partial charge in [0.1, 0.15) is 12.4 Å². The summed E-state index contributed by atoms with van der Waals surface area (Å²) in [6.45, 7) is 4.54. The molecule has 1 atom stereocenters. The van der Waals surface area contributed by atoms with Crippen molar-refractivity contribution >= 4 is 17.6 Å². The van der Waals surface area contributed by atoms with Crippen LogP contribution >= 0.6 is 0 Å². The summed E-state index contributed by atoms with van der Waals surface area (Å²) in [5, 5.41) is 7.55. The Kier molecular flexibility index (Phi) is 7.49. The summed E-state index contributed by atoms with van der Waals surface area (Å²) in [7, 11) is 4.01.